The number of nitrogens with one attached hydrogen (secondary N) is 1. The minimum atomic E-state index is -0.126. The molecule has 5 rings (SSSR count). The maximum absolute atomic E-state index is 12.2. The number of amides is 2. The predicted molar refractivity (Wildman–Crippen MR) is 141 cm³/mol. The Labute approximate surface area is 216 Å². The molecule has 1 aliphatic rings. The van der Waals surface area contributed by atoms with Gasteiger partial charge < -0.3 is 19.9 Å². The molecule has 4 aromatic rings. The van der Waals surface area contributed by atoms with E-state index < -0.39 is 0 Å². The van der Waals surface area contributed by atoms with Crippen molar-refractivity contribution in [3.05, 3.63) is 108 Å². The number of ether oxygens (including phenoxy) is 1. The summed E-state index contributed by atoms with van der Waals surface area (Å²) in [5, 5.41) is 6.89. The largest absolute Gasteiger partial charge is 0.497 e. The molecule has 188 valence electrons. The number of carbonyl (C=O) groups is 2. The van der Waals surface area contributed by atoms with E-state index in [2.05, 4.69) is 63.8 Å². The van der Waals surface area contributed by atoms with Crippen molar-refractivity contribution in [3.63, 3.8) is 0 Å². The molecule has 0 bridgehead atoms. The molecule has 2 heterocycles. The summed E-state index contributed by atoms with van der Waals surface area (Å²) >= 11 is 0. The lowest BCUT2D eigenvalue weighted by Crippen LogP contribution is -2.50. The van der Waals surface area contributed by atoms with Crippen LogP contribution in [0.25, 0.3) is 5.69 Å². The van der Waals surface area contributed by atoms with Gasteiger partial charge in [0.15, 0.2) is 0 Å². The number of piperazine rings is 1. The minimum absolute atomic E-state index is 0.0599. The molecule has 1 N–H and O–H groups in total. The van der Waals surface area contributed by atoms with Gasteiger partial charge in [-0.2, -0.15) is 5.10 Å². The van der Waals surface area contributed by atoms with Gasteiger partial charge in [-0.05, 0) is 59.2 Å². The average Bonchev–Trinajstić information content (AvgIpc) is 3.47. The number of anilines is 1. The molecular formula is C29H29N5O3. The number of nitrogens with zero attached hydrogens (tertiary/aromatic N) is 4. The van der Waals surface area contributed by atoms with E-state index in [1.54, 1.807) is 18.2 Å². The Hall–Kier alpha value is -4.59. The topological polar surface area (TPSA) is 79.7 Å². The molecule has 1 fully saturated rings. The van der Waals surface area contributed by atoms with Crippen molar-refractivity contribution in [2.75, 3.05) is 25.1 Å². The molecule has 0 spiro atoms. The quantitative estimate of drug-likeness (QED) is 0.384. The molecule has 3 aromatic carbocycles. The summed E-state index contributed by atoms with van der Waals surface area (Å²) in [4.78, 5) is 27.8. The molecule has 1 saturated heterocycles. The molecular weight excluding hydrogens is 466 g/mol. The lowest BCUT2D eigenvalue weighted by atomic mass is 10.1. The van der Waals surface area contributed by atoms with E-state index in [4.69, 9.17) is 4.74 Å². The second-order valence-electron chi connectivity index (χ2n) is 9.02. The normalized spacial score (nSPS) is 13.4. The zero-order valence-electron chi connectivity index (χ0n) is 20.7. The van der Waals surface area contributed by atoms with Gasteiger partial charge in [0.2, 0.25) is 11.8 Å². The lowest BCUT2D eigenvalue weighted by molar-refractivity contribution is -0.141. The smallest absolute Gasteiger partial charge is 0.242 e. The van der Waals surface area contributed by atoms with Crippen molar-refractivity contribution in [1.29, 1.82) is 0 Å². The summed E-state index contributed by atoms with van der Waals surface area (Å²) in [6, 6.07) is 26.6. The standard InChI is InChI=1S/C29H29N5O3/c1-37-27-5-2-4-24(16-27)20-32(18-22-8-12-26(13-9-22)34-15-3-14-31-34)25-10-6-23(7-11-25)19-33-21-28(35)30-17-29(33)36/h2-16H,17-21H2,1H3,(H,30,35). The van der Waals surface area contributed by atoms with Crippen LogP contribution < -0.4 is 15.0 Å². The minimum Gasteiger partial charge on any atom is -0.497 e. The fraction of sp³-hybridized carbons (Fsp3) is 0.207. The highest BCUT2D eigenvalue weighted by molar-refractivity contribution is 5.92. The third-order valence-electron chi connectivity index (χ3n) is 6.39. The van der Waals surface area contributed by atoms with Crippen LogP contribution in [0, 0.1) is 0 Å². The van der Waals surface area contributed by atoms with E-state index in [-0.39, 0.29) is 24.9 Å². The Morgan fingerprint density at radius 2 is 1.68 bits per heavy atom. The molecule has 1 aromatic heterocycles. The molecule has 8 nitrogen and oxygen atoms in total. The van der Waals surface area contributed by atoms with Crippen LogP contribution in [-0.4, -0.2) is 46.7 Å². The first-order chi connectivity index (χ1) is 18.1. The van der Waals surface area contributed by atoms with Crippen LogP contribution >= 0.6 is 0 Å². The molecule has 2 amide bonds. The van der Waals surface area contributed by atoms with Crippen molar-refractivity contribution in [1.82, 2.24) is 20.0 Å². The van der Waals surface area contributed by atoms with Crippen molar-refractivity contribution >= 4 is 17.5 Å². The van der Waals surface area contributed by atoms with E-state index >= 15 is 0 Å². The fourth-order valence-corrected chi connectivity index (χ4v) is 4.41. The number of hydrogen-bond donors (Lipinski definition) is 1. The van der Waals surface area contributed by atoms with Gasteiger partial charge in [0, 0.05) is 37.7 Å². The van der Waals surface area contributed by atoms with E-state index in [1.807, 2.05) is 41.2 Å². The first-order valence-electron chi connectivity index (χ1n) is 12.2. The van der Waals surface area contributed by atoms with E-state index in [0.717, 1.165) is 28.3 Å². The number of carbonyl (C=O) groups excluding carboxylic acids is 2. The van der Waals surface area contributed by atoms with Crippen LogP contribution in [0.2, 0.25) is 0 Å². The maximum Gasteiger partial charge on any atom is 0.242 e. The van der Waals surface area contributed by atoms with Crippen LogP contribution in [-0.2, 0) is 29.2 Å². The summed E-state index contributed by atoms with van der Waals surface area (Å²) in [5.74, 6) is 0.632. The van der Waals surface area contributed by atoms with Gasteiger partial charge in [-0.3, -0.25) is 9.59 Å². The van der Waals surface area contributed by atoms with Crippen molar-refractivity contribution < 1.29 is 14.3 Å². The summed E-state index contributed by atoms with van der Waals surface area (Å²) in [7, 11) is 1.67. The van der Waals surface area contributed by atoms with Crippen LogP contribution in [0.4, 0.5) is 5.69 Å². The van der Waals surface area contributed by atoms with Gasteiger partial charge in [-0.1, -0.05) is 36.4 Å². The number of aromatic nitrogens is 2. The summed E-state index contributed by atoms with van der Waals surface area (Å²) in [5.41, 5.74) is 5.37. The molecule has 0 unspecified atom stereocenters. The first-order valence-corrected chi connectivity index (χ1v) is 12.2. The highest BCUT2D eigenvalue weighted by Gasteiger charge is 2.23. The zero-order valence-corrected chi connectivity index (χ0v) is 20.7. The van der Waals surface area contributed by atoms with Crippen molar-refractivity contribution in [2.24, 2.45) is 0 Å². The highest BCUT2D eigenvalue weighted by atomic mass is 16.5. The molecule has 1 aliphatic heterocycles. The lowest BCUT2D eigenvalue weighted by Gasteiger charge is -2.28. The Morgan fingerprint density at radius 3 is 2.41 bits per heavy atom. The number of hydrogen-bond acceptors (Lipinski definition) is 5. The van der Waals surface area contributed by atoms with Gasteiger partial charge in [0.25, 0.3) is 0 Å². The average molecular weight is 496 g/mol. The number of rotatable bonds is 9. The number of methoxy groups -OCH3 is 1. The van der Waals surface area contributed by atoms with E-state index in [9.17, 15) is 9.59 Å². The molecule has 8 heteroatoms. The van der Waals surface area contributed by atoms with Gasteiger partial charge >= 0.3 is 0 Å². The van der Waals surface area contributed by atoms with Gasteiger partial charge in [0.1, 0.15) is 5.75 Å². The molecule has 37 heavy (non-hydrogen) atoms. The van der Waals surface area contributed by atoms with Crippen LogP contribution in [0.5, 0.6) is 5.75 Å². The second kappa shape index (κ2) is 11.0. The van der Waals surface area contributed by atoms with E-state index in [0.29, 0.717) is 19.6 Å². The third-order valence-corrected chi connectivity index (χ3v) is 6.39. The Morgan fingerprint density at radius 1 is 0.919 bits per heavy atom. The zero-order chi connectivity index (χ0) is 25.6. The van der Waals surface area contributed by atoms with Crippen LogP contribution in [0.15, 0.2) is 91.3 Å². The SMILES string of the molecule is COc1cccc(CN(Cc2ccc(-n3cccn3)cc2)c2ccc(CN3CC(=O)NCC3=O)cc2)c1. The highest BCUT2D eigenvalue weighted by Crippen LogP contribution is 2.24. The molecule has 0 atom stereocenters. The Kier molecular flexibility index (Phi) is 7.16. The van der Waals surface area contributed by atoms with Gasteiger partial charge in [0.05, 0.1) is 25.9 Å². The maximum atomic E-state index is 12.2. The summed E-state index contributed by atoms with van der Waals surface area (Å²) in [6.07, 6.45) is 3.69. The van der Waals surface area contributed by atoms with E-state index in [1.165, 1.54) is 5.56 Å². The van der Waals surface area contributed by atoms with Crippen molar-refractivity contribution in [2.45, 2.75) is 19.6 Å². The predicted octanol–water partition coefficient (Wildman–Crippen LogP) is 3.55. The van der Waals surface area contributed by atoms with Crippen LogP contribution in [0.1, 0.15) is 16.7 Å². The number of benzene rings is 3. The Bertz CT molecular complexity index is 1350. The molecule has 0 aliphatic carbocycles. The van der Waals surface area contributed by atoms with Gasteiger partial charge in [-0.15, -0.1) is 0 Å². The van der Waals surface area contributed by atoms with Crippen LogP contribution in [0.3, 0.4) is 0 Å². The fourth-order valence-electron chi connectivity index (χ4n) is 4.41. The molecule has 0 saturated carbocycles. The summed E-state index contributed by atoms with van der Waals surface area (Å²) in [6.45, 7) is 1.97. The monoisotopic (exact) mass is 495 g/mol. The second-order valence-corrected chi connectivity index (χ2v) is 9.02. The Balaban J connectivity index is 1.36. The van der Waals surface area contributed by atoms with Crippen molar-refractivity contribution in [3.8, 4) is 11.4 Å². The first kappa shape index (κ1) is 24.1. The van der Waals surface area contributed by atoms with Gasteiger partial charge in [-0.25, -0.2) is 4.68 Å². The third kappa shape index (κ3) is 5.98. The summed E-state index contributed by atoms with van der Waals surface area (Å²) < 4.78 is 7.27. The molecule has 0 radical (unpaired) electrons.